The van der Waals surface area contributed by atoms with Gasteiger partial charge in [-0.1, -0.05) is 6.92 Å². The number of aryl methyl sites for hydroxylation is 1. The smallest absolute Gasteiger partial charge is 0.259 e. The molecule has 1 N–H and O–H groups in total. The maximum absolute atomic E-state index is 12.3. The highest BCUT2D eigenvalue weighted by Gasteiger charge is 2.33. The maximum Gasteiger partial charge on any atom is 0.259 e. The van der Waals surface area contributed by atoms with Crippen LogP contribution in [0.4, 0.5) is 0 Å². The second-order valence-corrected chi connectivity index (χ2v) is 4.62. The van der Waals surface area contributed by atoms with Crippen LogP contribution < -0.4 is 5.43 Å². The minimum Gasteiger partial charge on any atom is -0.364 e. The van der Waals surface area contributed by atoms with Gasteiger partial charge in [0.1, 0.15) is 5.56 Å². The van der Waals surface area contributed by atoms with Gasteiger partial charge in [-0.25, -0.2) is 0 Å². The third-order valence-electron chi connectivity index (χ3n) is 3.00. The first-order valence-electron chi connectivity index (χ1n) is 6.13. The summed E-state index contributed by atoms with van der Waals surface area (Å²) in [6, 6.07) is 1.83. The molecule has 0 atom stereocenters. The molecule has 1 aliphatic carbocycles. The van der Waals surface area contributed by atoms with Crippen LogP contribution in [-0.2, 0) is 0 Å². The molecule has 0 saturated heterocycles. The number of rotatable bonds is 4. The van der Waals surface area contributed by atoms with E-state index in [0.29, 0.717) is 6.04 Å². The zero-order valence-corrected chi connectivity index (χ0v) is 10.3. The summed E-state index contributed by atoms with van der Waals surface area (Å²) in [6.45, 7) is 4.58. The fourth-order valence-corrected chi connectivity index (χ4v) is 1.97. The van der Waals surface area contributed by atoms with E-state index in [2.05, 4.69) is 4.98 Å². The number of carbonyl (C=O) groups excluding carboxylic acids is 1. The van der Waals surface area contributed by atoms with Gasteiger partial charge in [-0.2, -0.15) is 0 Å². The van der Waals surface area contributed by atoms with Crippen molar-refractivity contribution in [2.24, 2.45) is 0 Å². The van der Waals surface area contributed by atoms with E-state index in [1.54, 1.807) is 6.92 Å². The lowest BCUT2D eigenvalue weighted by atomic mass is 10.2. The third kappa shape index (κ3) is 2.57. The number of aromatic amines is 1. The molecule has 1 aliphatic rings. The van der Waals surface area contributed by atoms with Crippen LogP contribution in [0.1, 0.15) is 42.2 Å². The van der Waals surface area contributed by atoms with E-state index in [0.717, 1.165) is 31.5 Å². The molecule has 0 aromatic carbocycles. The Balaban J connectivity index is 2.25. The Labute approximate surface area is 101 Å². The number of nitrogens with one attached hydrogen (secondary N) is 1. The topological polar surface area (TPSA) is 53.2 Å². The van der Waals surface area contributed by atoms with E-state index in [9.17, 15) is 9.59 Å². The van der Waals surface area contributed by atoms with Gasteiger partial charge in [-0.15, -0.1) is 0 Å². The van der Waals surface area contributed by atoms with Crippen molar-refractivity contribution in [3.63, 3.8) is 0 Å². The van der Waals surface area contributed by atoms with E-state index in [1.807, 2.05) is 11.8 Å². The number of hydrogen-bond acceptors (Lipinski definition) is 2. The van der Waals surface area contributed by atoms with Gasteiger partial charge in [-0.05, 0) is 26.2 Å². The second-order valence-electron chi connectivity index (χ2n) is 4.62. The van der Waals surface area contributed by atoms with Gasteiger partial charge in [0.2, 0.25) is 0 Å². The van der Waals surface area contributed by atoms with Gasteiger partial charge >= 0.3 is 0 Å². The maximum atomic E-state index is 12.3. The molecule has 0 spiro atoms. The molecule has 1 aromatic rings. The van der Waals surface area contributed by atoms with Crippen molar-refractivity contribution in [1.82, 2.24) is 9.88 Å². The van der Waals surface area contributed by atoms with Crippen molar-refractivity contribution in [2.75, 3.05) is 6.54 Å². The molecule has 0 radical (unpaired) electrons. The van der Waals surface area contributed by atoms with Gasteiger partial charge in [0.25, 0.3) is 5.91 Å². The Morgan fingerprint density at radius 2 is 2.24 bits per heavy atom. The first kappa shape index (κ1) is 11.9. The minimum atomic E-state index is -0.187. The van der Waals surface area contributed by atoms with Gasteiger partial charge in [-0.3, -0.25) is 9.59 Å². The molecule has 1 fully saturated rings. The third-order valence-corrected chi connectivity index (χ3v) is 3.00. The van der Waals surface area contributed by atoms with Crippen LogP contribution in [0.25, 0.3) is 0 Å². The lowest BCUT2D eigenvalue weighted by molar-refractivity contribution is 0.0741. The highest BCUT2D eigenvalue weighted by atomic mass is 16.2. The summed E-state index contributed by atoms with van der Waals surface area (Å²) in [5, 5.41) is 0. The summed E-state index contributed by atoms with van der Waals surface area (Å²) < 4.78 is 0. The van der Waals surface area contributed by atoms with Gasteiger partial charge < -0.3 is 9.88 Å². The molecule has 0 unspecified atom stereocenters. The molecule has 0 bridgehead atoms. The van der Waals surface area contributed by atoms with Gasteiger partial charge in [0.15, 0.2) is 5.43 Å². The summed E-state index contributed by atoms with van der Waals surface area (Å²) in [6.07, 6.45) is 4.59. The van der Waals surface area contributed by atoms with Crippen molar-refractivity contribution in [2.45, 2.75) is 39.2 Å². The fraction of sp³-hybridized carbons (Fsp3) is 0.538. The van der Waals surface area contributed by atoms with Gasteiger partial charge in [0.05, 0.1) is 0 Å². The summed E-state index contributed by atoms with van der Waals surface area (Å²) in [5.74, 6) is -0.129. The number of carbonyl (C=O) groups is 1. The van der Waals surface area contributed by atoms with Crippen molar-refractivity contribution >= 4 is 5.91 Å². The summed E-state index contributed by atoms with van der Waals surface area (Å²) in [5.41, 5.74) is 0.851. The number of H-pyrrole nitrogens is 1. The highest BCUT2D eigenvalue weighted by Crippen LogP contribution is 2.27. The molecule has 1 amide bonds. The van der Waals surface area contributed by atoms with Crippen molar-refractivity contribution in [3.05, 3.63) is 33.7 Å². The summed E-state index contributed by atoms with van der Waals surface area (Å²) in [4.78, 5) is 28.8. The zero-order valence-electron chi connectivity index (χ0n) is 10.3. The molecule has 1 aromatic heterocycles. The Kier molecular flexibility index (Phi) is 3.31. The predicted molar refractivity (Wildman–Crippen MR) is 66.1 cm³/mol. The minimum absolute atomic E-state index is 0.129. The molecular formula is C13H18N2O2. The van der Waals surface area contributed by atoms with E-state index >= 15 is 0 Å². The molecule has 1 heterocycles. The molecule has 4 nitrogen and oxygen atoms in total. The molecule has 92 valence electrons. The first-order chi connectivity index (χ1) is 8.13. The predicted octanol–water partition coefficient (Wildman–Crippen LogP) is 1.70. The average Bonchev–Trinajstić information content (AvgIpc) is 3.09. The largest absolute Gasteiger partial charge is 0.364 e. The van der Waals surface area contributed by atoms with Crippen LogP contribution in [-0.4, -0.2) is 28.4 Å². The van der Waals surface area contributed by atoms with E-state index in [-0.39, 0.29) is 16.9 Å². The Morgan fingerprint density at radius 1 is 1.53 bits per heavy atom. The molecule has 2 rings (SSSR count). The monoisotopic (exact) mass is 234 g/mol. The Morgan fingerprint density at radius 3 is 2.76 bits per heavy atom. The van der Waals surface area contributed by atoms with E-state index in [4.69, 9.17) is 0 Å². The number of nitrogens with zero attached hydrogens (tertiary/aromatic N) is 1. The fourth-order valence-electron chi connectivity index (χ4n) is 1.97. The van der Waals surface area contributed by atoms with E-state index < -0.39 is 0 Å². The van der Waals surface area contributed by atoms with Crippen LogP contribution in [0.3, 0.4) is 0 Å². The number of aromatic nitrogens is 1. The van der Waals surface area contributed by atoms with Crippen LogP contribution >= 0.6 is 0 Å². The lowest BCUT2D eigenvalue weighted by Gasteiger charge is -2.21. The Bertz CT molecular complexity index is 475. The van der Waals surface area contributed by atoms with Crippen LogP contribution in [0.5, 0.6) is 0 Å². The molecule has 0 aliphatic heterocycles. The quantitative estimate of drug-likeness (QED) is 0.862. The van der Waals surface area contributed by atoms with Crippen LogP contribution in [0.2, 0.25) is 0 Å². The average molecular weight is 234 g/mol. The number of hydrogen-bond donors (Lipinski definition) is 1. The van der Waals surface area contributed by atoms with Crippen LogP contribution in [0, 0.1) is 6.92 Å². The second kappa shape index (κ2) is 4.73. The zero-order chi connectivity index (χ0) is 12.4. The van der Waals surface area contributed by atoms with Crippen molar-refractivity contribution in [3.8, 4) is 0 Å². The van der Waals surface area contributed by atoms with Gasteiger partial charge in [0, 0.05) is 30.5 Å². The molecular weight excluding hydrogens is 216 g/mol. The first-order valence-corrected chi connectivity index (χ1v) is 6.13. The van der Waals surface area contributed by atoms with Crippen LogP contribution in [0.15, 0.2) is 17.1 Å². The summed E-state index contributed by atoms with van der Waals surface area (Å²) >= 11 is 0. The number of amides is 1. The normalized spacial score (nSPS) is 14.7. The van der Waals surface area contributed by atoms with Crippen molar-refractivity contribution < 1.29 is 4.79 Å². The standard InChI is InChI=1S/C13H18N2O2/c1-3-6-15(10-4-5-10)13(17)11-8-14-9(2)7-12(11)16/h7-8,10H,3-6H2,1-2H3,(H,14,16). The molecule has 17 heavy (non-hydrogen) atoms. The Hall–Kier alpha value is -1.58. The molecule has 4 heteroatoms. The number of pyridine rings is 1. The SMILES string of the molecule is CCCN(C(=O)c1c[nH]c(C)cc1=O)C1CC1. The summed E-state index contributed by atoms with van der Waals surface area (Å²) in [7, 11) is 0. The van der Waals surface area contributed by atoms with Crippen molar-refractivity contribution in [1.29, 1.82) is 0 Å². The van der Waals surface area contributed by atoms with E-state index in [1.165, 1.54) is 12.3 Å². The highest BCUT2D eigenvalue weighted by molar-refractivity contribution is 5.94. The molecule has 1 saturated carbocycles. The lowest BCUT2D eigenvalue weighted by Crippen LogP contribution is -2.36.